The summed E-state index contributed by atoms with van der Waals surface area (Å²) in [6.07, 6.45) is 4.67. The third-order valence-electron chi connectivity index (χ3n) is 5.60. The van der Waals surface area contributed by atoms with Crippen molar-refractivity contribution in [2.75, 3.05) is 26.2 Å². The molecule has 2 atom stereocenters. The minimum absolute atomic E-state index is 0.0114. The molecule has 1 aliphatic carbocycles. The molecule has 1 saturated carbocycles. The van der Waals surface area contributed by atoms with Crippen molar-refractivity contribution in [2.45, 2.75) is 44.6 Å². The van der Waals surface area contributed by atoms with Crippen LogP contribution in [0.1, 0.15) is 37.7 Å². The van der Waals surface area contributed by atoms with Crippen LogP contribution in [0.4, 0.5) is 4.39 Å². The molecular weight excluding hydrogens is 333 g/mol. The van der Waals surface area contributed by atoms with Gasteiger partial charge in [-0.15, -0.1) is 0 Å². The van der Waals surface area contributed by atoms with Crippen molar-refractivity contribution in [3.8, 4) is 0 Å². The van der Waals surface area contributed by atoms with Crippen LogP contribution in [0.3, 0.4) is 0 Å². The van der Waals surface area contributed by atoms with Crippen LogP contribution in [-0.2, 0) is 16.0 Å². The lowest BCUT2D eigenvalue weighted by Crippen LogP contribution is -2.39. The van der Waals surface area contributed by atoms with Crippen LogP contribution in [0.15, 0.2) is 24.3 Å². The van der Waals surface area contributed by atoms with Gasteiger partial charge in [0.2, 0.25) is 11.8 Å². The number of benzene rings is 1. The fraction of sp³-hybridized carbons (Fsp3) is 0.600. The first-order valence-corrected chi connectivity index (χ1v) is 9.58. The number of nitrogens with zero attached hydrogens (tertiary/aromatic N) is 2. The van der Waals surface area contributed by atoms with E-state index in [0.717, 1.165) is 25.7 Å². The van der Waals surface area contributed by atoms with Crippen molar-refractivity contribution in [1.29, 1.82) is 0 Å². The second kappa shape index (κ2) is 8.62. The average Bonchev–Trinajstić information content (AvgIpc) is 2.86. The summed E-state index contributed by atoms with van der Waals surface area (Å²) in [6, 6.07) is 6.31. The van der Waals surface area contributed by atoms with E-state index in [1.165, 1.54) is 12.1 Å². The van der Waals surface area contributed by atoms with Gasteiger partial charge in [-0.25, -0.2) is 4.39 Å². The van der Waals surface area contributed by atoms with Gasteiger partial charge in [-0.1, -0.05) is 18.6 Å². The highest BCUT2D eigenvalue weighted by molar-refractivity contribution is 5.79. The largest absolute Gasteiger partial charge is 0.341 e. The highest BCUT2D eigenvalue weighted by Gasteiger charge is 2.29. The van der Waals surface area contributed by atoms with Crippen molar-refractivity contribution in [2.24, 2.45) is 11.7 Å². The maximum absolute atomic E-state index is 13.3. The smallest absolute Gasteiger partial charge is 0.227 e. The third kappa shape index (κ3) is 4.81. The maximum Gasteiger partial charge on any atom is 0.227 e. The normalized spacial score (nSPS) is 23.8. The van der Waals surface area contributed by atoms with Gasteiger partial charge in [0, 0.05) is 38.6 Å². The number of halogens is 1. The van der Waals surface area contributed by atoms with Gasteiger partial charge in [-0.3, -0.25) is 9.59 Å². The summed E-state index contributed by atoms with van der Waals surface area (Å²) in [5.74, 6) is 0.124. The second-order valence-corrected chi connectivity index (χ2v) is 7.48. The fourth-order valence-corrected chi connectivity index (χ4v) is 4.02. The molecule has 0 spiro atoms. The zero-order valence-corrected chi connectivity index (χ0v) is 15.2. The number of hydrogen-bond acceptors (Lipinski definition) is 3. The molecule has 0 unspecified atom stereocenters. The third-order valence-corrected chi connectivity index (χ3v) is 5.60. The molecule has 2 aliphatic rings. The van der Waals surface area contributed by atoms with Gasteiger partial charge in [-0.05, 0) is 42.9 Å². The maximum atomic E-state index is 13.3. The first kappa shape index (κ1) is 18.8. The molecule has 1 aromatic rings. The first-order chi connectivity index (χ1) is 12.5. The van der Waals surface area contributed by atoms with E-state index in [-0.39, 0.29) is 30.1 Å². The molecule has 1 aromatic carbocycles. The average molecular weight is 361 g/mol. The zero-order valence-electron chi connectivity index (χ0n) is 15.2. The summed E-state index contributed by atoms with van der Waals surface area (Å²) in [5.41, 5.74) is 6.77. The molecule has 26 heavy (non-hydrogen) atoms. The van der Waals surface area contributed by atoms with Crippen molar-refractivity contribution < 1.29 is 14.0 Å². The van der Waals surface area contributed by atoms with E-state index in [2.05, 4.69) is 0 Å². The predicted octanol–water partition coefficient (Wildman–Crippen LogP) is 1.95. The Balaban J connectivity index is 1.51. The highest BCUT2D eigenvalue weighted by Crippen LogP contribution is 2.27. The van der Waals surface area contributed by atoms with E-state index in [1.54, 1.807) is 17.0 Å². The summed E-state index contributed by atoms with van der Waals surface area (Å²) in [5, 5.41) is 0. The van der Waals surface area contributed by atoms with Crippen LogP contribution in [0, 0.1) is 11.7 Å². The lowest BCUT2D eigenvalue weighted by atomic mass is 9.99. The Morgan fingerprint density at radius 3 is 2.42 bits per heavy atom. The van der Waals surface area contributed by atoms with E-state index in [1.807, 2.05) is 4.90 Å². The number of amides is 2. The minimum atomic E-state index is -0.326. The number of carbonyl (C=O) groups excluding carboxylic acids is 2. The Morgan fingerprint density at radius 2 is 1.77 bits per heavy atom. The Morgan fingerprint density at radius 1 is 1.04 bits per heavy atom. The number of carbonyl (C=O) groups is 2. The summed E-state index contributed by atoms with van der Waals surface area (Å²) in [6.45, 7) is 2.43. The van der Waals surface area contributed by atoms with Crippen LogP contribution in [0.2, 0.25) is 0 Å². The summed E-state index contributed by atoms with van der Waals surface area (Å²) >= 11 is 0. The number of hydrogen-bond donors (Lipinski definition) is 1. The van der Waals surface area contributed by atoms with Gasteiger partial charge in [-0.2, -0.15) is 0 Å². The van der Waals surface area contributed by atoms with E-state index >= 15 is 0 Å². The summed E-state index contributed by atoms with van der Waals surface area (Å²) in [4.78, 5) is 28.8. The monoisotopic (exact) mass is 361 g/mol. The van der Waals surface area contributed by atoms with Crippen LogP contribution < -0.4 is 5.73 Å². The van der Waals surface area contributed by atoms with Gasteiger partial charge < -0.3 is 15.5 Å². The molecular formula is C20H28FN3O2. The van der Waals surface area contributed by atoms with Crippen molar-refractivity contribution in [3.63, 3.8) is 0 Å². The van der Waals surface area contributed by atoms with Crippen LogP contribution >= 0.6 is 0 Å². The predicted molar refractivity (Wildman–Crippen MR) is 97.8 cm³/mol. The Kier molecular flexibility index (Phi) is 6.25. The quantitative estimate of drug-likeness (QED) is 0.891. The van der Waals surface area contributed by atoms with E-state index in [4.69, 9.17) is 5.73 Å². The Bertz CT molecular complexity index is 652. The molecule has 142 valence electrons. The van der Waals surface area contributed by atoms with Crippen LogP contribution in [0.25, 0.3) is 0 Å². The summed E-state index contributed by atoms with van der Waals surface area (Å²) < 4.78 is 13.3. The molecule has 2 amide bonds. The first-order valence-electron chi connectivity index (χ1n) is 9.58. The van der Waals surface area contributed by atoms with Crippen molar-refractivity contribution in [1.82, 2.24) is 9.80 Å². The SMILES string of the molecule is N[C@@H]1CCC[C@H]1CC(=O)N1CCCN(C(=O)Cc2cccc(F)c2)CC1. The number of nitrogens with two attached hydrogens (primary N) is 1. The molecule has 2 fully saturated rings. The lowest BCUT2D eigenvalue weighted by molar-refractivity contribution is -0.133. The Labute approximate surface area is 154 Å². The molecule has 1 aliphatic heterocycles. The molecule has 6 heteroatoms. The Hall–Kier alpha value is -1.95. The molecule has 2 N–H and O–H groups in total. The molecule has 3 rings (SSSR count). The fourth-order valence-electron chi connectivity index (χ4n) is 4.02. The standard InChI is InChI=1S/C20H28FN3O2/c21-17-6-1-4-15(12-17)13-19(25)23-8-3-9-24(11-10-23)20(26)14-16-5-2-7-18(16)22/h1,4,6,12,16,18H,2-3,5,7-11,13-14,22H2/t16-,18+/m0/s1. The van der Waals surface area contributed by atoms with E-state index in [9.17, 15) is 14.0 Å². The van der Waals surface area contributed by atoms with Crippen LogP contribution in [0.5, 0.6) is 0 Å². The number of rotatable bonds is 4. The molecule has 1 heterocycles. The van der Waals surface area contributed by atoms with Gasteiger partial charge in [0.1, 0.15) is 5.82 Å². The van der Waals surface area contributed by atoms with E-state index in [0.29, 0.717) is 44.1 Å². The van der Waals surface area contributed by atoms with Crippen LogP contribution in [-0.4, -0.2) is 53.8 Å². The molecule has 0 aromatic heterocycles. The second-order valence-electron chi connectivity index (χ2n) is 7.48. The highest BCUT2D eigenvalue weighted by atomic mass is 19.1. The van der Waals surface area contributed by atoms with E-state index < -0.39 is 0 Å². The topological polar surface area (TPSA) is 66.6 Å². The van der Waals surface area contributed by atoms with Gasteiger partial charge in [0.25, 0.3) is 0 Å². The van der Waals surface area contributed by atoms with Crippen molar-refractivity contribution >= 4 is 11.8 Å². The summed E-state index contributed by atoms with van der Waals surface area (Å²) in [7, 11) is 0. The minimum Gasteiger partial charge on any atom is -0.341 e. The molecule has 0 bridgehead atoms. The van der Waals surface area contributed by atoms with Gasteiger partial charge in [0.15, 0.2) is 0 Å². The zero-order chi connectivity index (χ0) is 18.5. The molecule has 0 radical (unpaired) electrons. The molecule has 1 saturated heterocycles. The van der Waals surface area contributed by atoms with Gasteiger partial charge in [0.05, 0.1) is 6.42 Å². The molecule has 5 nitrogen and oxygen atoms in total. The lowest BCUT2D eigenvalue weighted by Gasteiger charge is -2.24. The van der Waals surface area contributed by atoms with Crippen molar-refractivity contribution in [3.05, 3.63) is 35.6 Å². The van der Waals surface area contributed by atoms with Gasteiger partial charge >= 0.3 is 0 Å².